The largest absolute Gasteiger partial charge is 0.476 e. The van der Waals surface area contributed by atoms with Gasteiger partial charge in [0.25, 0.3) is 0 Å². The number of nitrogens with zero attached hydrogens (tertiary/aromatic N) is 4. The maximum absolute atomic E-state index is 10.7. The number of anilines is 1. The zero-order valence-electron chi connectivity index (χ0n) is 11.7. The molecule has 0 atom stereocenters. The fraction of sp³-hybridized carbons (Fsp3) is 0.357. The molecule has 0 unspecified atom stereocenters. The molecule has 106 valence electrons. The Hall–Kier alpha value is -2.37. The van der Waals surface area contributed by atoms with Crippen molar-refractivity contribution in [1.29, 1.82) is 0 Å². The molecule has 1 aromatic carbocycles. The smallest absolute Gasteiger partial charge is 0.358 e. The van der Waals surface area contributed by atoms with Gasteiger partial charge < -0.3 is 10.0 Å². The maximum Gasteiger partial charge on any atom is 0.358 e. The average molecular weight is 274 g/mol. The maximum atomic E-state index is 10.7. The van der Waals surface area contributed by atoms with E-state index in [4.69, 9.17) is 5.11 Å². The van der Waals surface area contributed by atoms with E-state index in [0.29, 0.717) is 6.54 Å². The number of aromatic carboxylic acids is 1. The highest BCUT2D eigenvalue weighted by atomic mass is 16.4. The first-order valence-electron chi connectivity index (χ1n) is 6.55. The number of benzene rings is 1. The van der Waals surface area contributed by atoms with E-state index in [1.54, 1.807) is 4.68 Å². The number of likely N-dealkylation sites (N-methyl/N-ethyl adjacent to an activating group) is 1. The van der Waals surface area contributed by atoms with Gasteiger partial charge in [0.15, 0.2) is 5.69 Å². The first kappa shape index (κ1) is 14.0. The van der Waals surface area contributed by atoms with Crippen LogP contribution in [0.4, 0.5) is 5.69 Å². The van der Waals surface area contributed by atoms with Crippen LogP contribution in [0.25, 0.3) is 0 Å². The van der Waals surface area contributed by atoms with Gasteiger partial charge in [-0.3, -0.25) is 0 Å². The summed E-state index contributed by atoms with van der Waals surface area (Å²) < 4.78 is 1.56. The lowest BCUT2D eigenvalue weighted by Gasteiger charge is -2.24. The quantitative estimate of drug-likeness (QED) is 0.869. The Kier molecular flexibility index (Phi) is 4.34. The Morgan fingerprint density at radius 2 is 2.15 bits per heavy atom. The van der Waals surface area contributed by atoms with Crippen molar-refractivity contribution in [3.8, 4) is 0 Å². The van der Waals surface area contributed by atoms with Crippen molar-refractivity contribution in [1.82, 2.24) is 15.0 Å². The number of carboxylic acid groups (broad SMARTS) is 1. The van der Waals surface area contributed by atoms with E-state index in [1.807, 2.05) is 12.1 Å². The van der Waals surface area contributed by atoms with Crippen LogP contribution in [0.1, 0.15) is 23.0 Å². The molecule has 0 radical (unpaired) electrons. The van der Waals surface area contributed by atoms with Crippen LogP contribution in [-0.2, 0) is 6.54 Å². The molecule has 6 nitrogen and oxygen atoms in total. The lowest BCUT2D eigenvalue weighted by Crippen LogP contribution is -2.27. The number of aryl methyl sites for hydroxylation is 1. The second kappa shape index (κ2) is 6.18. The zero-order chi connectivity index (χ0) is 14.5. The van der Waals surface area contributed by atoms with E-state index in [1.165, 1.54) is 17.4 Å². The molecule has 1 N–H and O–H groups in total. The summed E-state index contributed by atoms with van der Waals surface area (Å²) in [6.45, 7) is 6.41. The molecule has 20 heavy (non-hydrogen) atoms. The highest BCUT2D eigenvalue weighted by Gasteiger charge is 2.10. The minimum atomic E-state index is -1.05. The van der Waals surface area contributed by atoms with Crippen LogP contribution in [0.3, 0.4) is 0 Å². The number of aromatic nitrogens is 3. The summed E-state index contributed by atoms with van der Waals surface area (Å²) in [7, 11) is 0. The first-order chi connectivity index (χ1) is 9.61. The highest BCUT2D eigenvalue weighted by Crippen LogP contribution is 2.18. The fourth-order valence-corrected chi connectivity index (χ4v) is 2.10. The summed E-state index contributed by atoms with van der Waals surface area (Å²) in [5.41, 5.74) is 2.39. The summed E-state index contributed by atoms with van der Waals surface area (Å²) in [4.78, 5) is 13.0. The summed E-state index contributed by atoms with van der Waals surface area (Å²) in [5, 5.41) is 16.2. The topological polar surface area (TPSA) is 71.2 Å². The Balaban J connectivity index is 2.04. The third-order valence-corrected chi connectivity index (χ3v) is 3.19. The van der Waals surface area contributed by atoms with Crippen molar-refractivity contribution in [3.63, 3.8) is 0 Å². The molecule has 0 saturated carbocycles. The molecule has 0 spiro atoms. The molecule has 0 bridgehead atoms. The molecule has 0 aliphatic carbocycles. The van der Waals surface area contributed by atoms with Gasteiger partial charge in [0.05, 0.1) is 12.7 Å². The van der Waals surface area contributed by atoms with Gasteiger partial charge in [-0.2, -0.15) is 0 Å². The van der Waals surface area contributed by atoms with Gasteiger partial charge in [0.2, 0.25) is 0 Å². The molecule has 2 rings (SSSR count). The molecule has 0 aliphatic rings. The molecular weight excluding hydrogens is 256 g/mol. The van der Waals surface area contributed by atoms with E-state index in [2.05, 4.69) is 41.2 Å². The number of rotatable bonds is 6. The normalized spacial score (nSPS) is 10.5. The fourth-order valence-electron chi connectivity index (χ4n) is 2.10. The number of hydrogen-bond donors (Lipinski definition) is 1. The van der Waals surface area contributed by atoms with Crippen LogP contribution in [0.2, 0.25) is 0 Å². The van der Waals surface area contributed by atoms with Crippen molar-refractivity contribution in [3.05, 3.63) is 41.7 Å². The molecule has 0 saturated heterocycles. The molecular formula is C14H18N4O2. The lowest BCUT2D eigenvalue weighted by molar-refractivity contribution is 0.0690. The first-order valence-corrected chi connectivity index (χ1v) is 6.55. The number of hydrogen-bond acceptors (Lipinski definition) is 4. The minimum Gasteiger partial charge on any atom is -0.476 e. The van der Waals surface area contributed by atoms with E-state index >= 15 is 0 Å². The Morgan fingerprint density at radius 1 is 1.40 bits per heavy atom. The van der Waals surface area contributed by atoms with Crippen molar-refractivity contribution >= 4 is 11.7 Å². The highest BCUT2D eigenvalue weighted by molar-refractivity contribution is 5.84. The number of carboxylic acids is 1. The SMILES string of the molecule is CCN(CCn1cc(C(=O)O)nn1)c1ccccc1C. The van der Waals surface area contributed by atoms with E-state index < -0.39 is 5.97 Å². The van der Waals surface area contributed by atoms with E-state index in [9.17, 15) is 4.79 Å². The third-order valence-electron chi connectivity index (χ3n) is 3.19. The standard InChI is InChI=1S/C14H18N4O2/c1-3-17(13-7-5-4-6-11(13)2)8-9-18-10-12(14(19)20)15-16-18/h4-7,10H,3,8-9H2,1-2H3,(H,19,20). The summed E-state index contributed by atoms with van der Waals surface area (Å²) >= 11 is 0. The van der Waals surface area contributed by atoms with Crippen LogP contribution in [0, 0.1) is 6.92 Å². The number of carbonyl (C=O) groups is 1. The van der Waals surface area contributed by atoms with Gasteiger partial charge >= 0.3 is 5.97 Å². The predicted molar refractivity (Wildman–Crippen MR) is 76.0 cm³/mol. The monoisotopic (exact) mass is 274 g/mol. The molecule has 2 aromatic rings. The minimum absolute atomic E-state index is 0.0241. The van der Waals surface area contributed by atoms with E-state index in [0.717, 1.165) is 13.1 Å². The summed E-state index contributed by atoms with van der Waals surface area (Å²) in [6, 6.07) is 8.20. The van der Waals surface area contributed by atoms with Gasteiger partial charge in [-0.05, 0) is 25.5 Å². The van der Waals surface area contributed by atoms with Crippen molar-refractivity contribution in [2.24, 2.45) is 0 Å². The predicted octanol–water partition coefficient (Wildman–Crippen LogP) is 1.81. The van der Waals surface area contributed by atoms with Crippen molar-refractivity contribution < 1.29 is 9.90 Å². The Labute approximate surface area is 117 Å². The van der Waals surface area contributed by atoms with Gasteiger partial charge in [0, 0.05) is 18.8 Å². The molecule has 0 amide bonds. The Morgan fingerprint density at radius 3 is 2.75 bits per heavy atom. The molecule has 0 aliphatic heterocycles. The zero-order valence-corrected chi connectivity index (χ0v) is 11.7. The second-order valence-electron chi connectivity index (χ2n) is 4.54. The lowest BCUT2D eigenvalue weighted by atomic mass is 10.2. The summed E-state index contributed by atoms with van der Waals surface area (Å²) in [5.74, 6) is -1.05. The summed E-state index contributed by atoms with van der Waals surface area (Å²) in [6.07, 6.45) is 1.45. The van der Waals surface area contributed by atoms with E-state index in [-0.39, 0.29) is 5.69 Å². The molecule has 1 aromatic heterocycles. The van der Waals surface area contributed by atoms with Gasteiger partial charge in [-0.1, -0.05) is 23.4 Å². The molecule has 0 fully saturated rings. The Bertz CT molecular complexity index is 594. The average Bonchev–Trinajstić information content (AvgIpc) is 2.90. The number of para-hydroxylation sites is 1. The van der Waals surface area contributed by atoms with Crippen LogP contribution < -0.4 is 4.90 Å². The van der Waals surface area contributed by atoms with Crippen LogP contribution >= 0.6 is 0 Å². The third kappa shape index (κ3) is 3.14. The molecule has 6 heteroatoms. The van der Waals surface area contributed by atoms with Crippen LogP contribution in [-0.4, -0.2) is 39.2 Å². The van der Waals surface area contributed by atoms with Gasteiger partial charge in [0.1, 0.15) is 0 Å². The van der Waals surface area contributed by atoms with Gasteiger partial charge in [-0.15, -0.1) is 5.10 Å². The van der Waals surface area contributed by atoms with Crippen molar-refractivity contribution in [2.45, 2.75) is 20.4 Å². The van der Waals surface area contributed by atoms with Gasteiger partial charge in [-0.25, -0.2) is 9.48 Å². The van der Waals surface area contributed by atoms with Crippen molar-refractivity contribution in [2.75, 3.05) is 18.0 Å². The van der Waals surface area contributed by atoms with Crippen LogP contribution in [0.5, 0.6) is 0 Å². The second-order valence-corrected chi connectivity index (χ2v) is 4.54. The van der Waals surface area contributed by atoms with Crippen LogP contribution in [0.15, 0.2) is 30.5 Å². The molecule has 1 heterocycles.